The number of fused-ring (bicyclic) bond motifs is 5. The van der Waals surface area contributed by atoms with Gasteiger partial charge in [-0.25, -0.2) is 0 Å². The number of hydrogen-bond acceptors (Lipinski definition) is 2. The van der Waals surface area contributed by atoms with Crippen LogP contribution in [0.3, 0.4) is 0 Å². The molecule has 11 rings (SSSR count). The van der Waals surface area contributed by atoms with Crippen molar-refractivity contribution in [3.05, 3.63) is 195 Å². The van der Waals surface area contributed by atoms with Crippen molar-refractivity contribution < 1.29 is 37.8 Å². The first-order valence-corrected chi connectivity index (χ1v) is 26.8. The zero-order valence-corrected chi connectivity index (χ0v) is 47.9. The maximum atomic E-state index is 9.42. The van der Waals surface area contributed by atoms with Crippen LogP contribution in [0.25, 0.3) is 72.3 Å². The third-order valence-electron chi connectivity index (χ3n) is 16.7. The molecular weight excluding hydrogens is 1100 g/mol. The van der Waals surface area contributed by atoms with Gasteiger partial charge in [-0.1, -0.05) is 62.3 Å². The van der Waals surface area contributed by atoms with Crippen molar-refractivity contribution >= 4 is 32.8 Å². The third kappa shape index (κ3) is 8.22. The quantitative estimate of drug-likeness (QED) is 0.149. The molecule has 0 spiro atoms. The van der Waals surface area contributed by atoms with E-state index in [1.807, 2.05) is 72.5 Å². The van der Waals surface area contributed by atoms with Gasteiger partial charge in [0.2, 0.25) is 0 Å². The number of para-hydroxylation sites is 2. The standard InChI is InChI=1S/C69H70N4O.Pt/c1-64(2,3)46-32-33-70-62(38-46)73-60-40-50(30-31-52(60)55-41-56-57(42-61(55)73)68(12,13)69(14,15)67(56,10)11)74-51-35-47(65(4,5)6)34-49(39-51)71-43-72(59-29-23-22-28-58(59)71)63-53(44-24-18-16-19-25-44)36-48(66(7,8)9)37-54(63)45-26-20-17-21-27-45;/h16-38,41-42H,1-15H3;/q-2;/i16D,17D,18D,19D,20D,21D,24D,25D,26D,27D;. The van der Waals surface area contributed by atoms with Crippen LogP contribution < -0.4 is 4.74 Å². The fourth-order valence-electron chi connectivity index (χ4n) is 11.0. The summed E-state index contributed by atoms with van der Waals surface area (Å²) in [5.41, 5.74) is 7.98. The van der Waals surface area contributed by atoms with Gasteiger partial charge in [-0.05, 0) is 44.4 Å². The van der Waals surface area contributed by atoms with Gasteiger partial charge in [0.1, 0.15) is 0 Å². The van der Waals surface area contributed by atoms with E-state index in [1.165, 1.54) is 11.1 Å². The number of hydrogen-bond donors (Lipinski definition) is 0. The van der Waals surface area contributed by atoms with E-state index in [0.717, 1.165) is 38.8 Å². The molecule has 3 heterocycles. The molecule has 10 aromatic rings. The third-order valence-corrected chi connectivity index (χ3v) is 17.7. The van der Waals surface area contributed by atoms with Crippen molar-refractivity contribution in [3.63, 3.8) is 0 Å². The normalized spacial score (nSPS) is 17.1. The topological polar surface area (TPSA) is 36.9 Å². The van der Waals surface area contributed by atoms with Crippen LogP contribution in [0, 0.1) is 21.4 Å². The fraction of sp³-hybridized carbons (Fsp3) is 0.304. The molecule has 5 nitrogen and oxygen atoms in total. The van der Waals surface area contributed by atoms with Crippen LogP contribution in [0.15, 0.2) is 152 Å². The number of pyridine rings is 1. The molecular formula is C69H70N4OPt-2. The second kappa shape index (κ2) is 17.5. The number of ether oxygens (including phenoxy) is 1. The van der Waals surface area contributed by atoms with Crippen LogP contribution in [0.4, 0.5) is 0 Å². The summed E-state index contributed by atoms with van der Waals surface area (Å²) in [5.74, 6) is 1.64. The Morgan fingerprint density at radius 2 is 1.08 bits per heavy atom. The molecule has 0 bridgehead atoms. The molecule has 0 atom stereocenters. The zero-order chi connectivity index (χ0) is 62.1. The summed E-state index contributed by atoms with van der Waals surface area (Å²) >= 11 is 2.22. The van der Waals surface area contributed by atoms with Crippen molar-refractivity contribution in [1.82, 2.24) is 18.7 Å². The number of imidazole rings is 1. The minimum absolute atomic E-state index is 0.0482. The van der Waals surface area contributed by atoms with E-state index in [0.29, 0.717) is 37.6 Å². The Morgan fingerprint density at radius 3 is 1.65 bits per heavy atom. The van der Waals surface area contributed by atoms with Crippen molar-refractivity contribution in [1.29, 1.82) is 0 Å². The van der Waals surface area contributed by atoms with E-state index in [2.05, 4.69) is 156 Å². The van der Waals surface area contributed by atoms with Gasteiger partial charge in [0.15, 0.2) is 0 Å². The van der Waals surface area contributed by atoms with Crippen LogP contribution in [-0.2, 0) is 46.4 Å². The molecule has 0 amide bonds. The predicted octanol–water partition coefficient (Wildman–Crippen LogP) is 18.2. The molecule has 0 unspecified atom stereocenters. The van der Waals surface area contributed by atoms with Gasteiger partial charge < -0.3 is 0 Å². The molecule has 7 aromatic carbocycles. The van der Waals surface area contributed by atoms with Gasteiger partial charge in [-0.3, -0.25) is 0 Å². The molecule has 75 heavy (non-hydrogen) atoms. The SMILES string of the molecule is [2H]c1c([2H])c([2H])c(-c2cc(C(C)(C)C)cc(-c3c([2H])c([2H])c([2H])c([2H])c3[2H])c2-n2[c](=[Pt])n(-c3[c-]c(Oc4[c-]c5c(cc4)c4cc6c(cc4n5-c4cc(C(C)(C)C)ccn4)C(C)(C)C(C)(C)C6(C)C)cc(C(C)(C)C)c3)c3ccccc32)c([2H])c1[2H]. The first kappa shape index (κ1) is 39.8. The van der Waals surface area contributed by atoms with E-state index >= 15 is 0 Å². The van der Waals surface area contributed by atoms with Crippen LogP contribution in [0.2, 0.25) is 0 Å². The molecule has 0 aliphatic heterocycles. The van der Waals surface area contributed by atoms with Crippen molar-refractivity contribution in [2.24, 2.45) is 5.41 Å². The monoisotopic (exact) mass is 1180 g/mol. The first-order chi connectivity index (χ1) is 39.4. The molecule has 1 aliphatic rings. The van der Waals surface area contributed by atoms with Crippen LogP contribution in [-0.4, -0.2) is 18.7 Å². The van der Waals surface area contributed by atoms with Crippen LogP contribution in [0.5, 0.6) is 11.5 Å². The second-order valence-corrected chi connectivity index (χ2v) is 25.9. The van der Waals surface area contributed by atoms with Crippen LogP contribution >= 0.6 is 0 Å². The maximum absolute atomic E-state index is 9.42. The second-order valence-electron chi connectivity index (χ2n) is 24.9. The summed E-state index contributed by atoms with van der Waals surface area (Å²) < 4.78 is 104. The Bertz CT molecular complexity index is 4430. The van der Waals surface area contributed by atoms with Gasteiger partial charge in [-0.2, -0.15) is 0 Å². The van der Waals surface area contributed by atoms with E-state index in [4.69, 9.17) is 17.9 Å². The Balaban J connectivity index is 1.18. The molecule has 0 radical (unpaired) electrons. The van der Waals surface area contributed by atoms with Crippen molar-refractivity contribution in [2.45, 2.75) is 131 Å². The minimum atomic E-state index is -0.647. The summed E-state index contributed by atoms with van der Waals surface area (Å²) in [5, 5.41) is 2.11. The predicted molar refractivity (Wildman–Crippen MR) is 309 cm³/mol. The Labute approximate surface area is 469 Å². The van der Waals surface area contributed by atoms with Crippen molar-refractivity contribution in [2.75, 3.05) is 0 Å². The van der Waals surface area contributed by atoms with Gasteiger partial charge in [0, 0.05) is 6.20 Å². The summed E-state index contributed by atoms with van der Waals surface area (Å²) in [6, 6.07) is 30.7. The first-order valence-electron chi connectivity index (χ1n) is 30.7. The number of benzene rings is 7. The van der Waals surface area contributed by atoms with Gasteiger partial charge >= 0.3 is 359 Å². The molecule has 384 valence electrons. The van der Waals surface area contributed by atoms with Gasteiger partial charge in [0.05, 0.1) is 0 Å². The van der Waals surface area contributed by atoms with Crippen molar-refractivity contribution in [3.8, 4) is 50.9 Å². The summed E-state index contributed by atoms with van der Waals surface area (Å²) in [4.78, 5) is 5.04. The Kier molecular flexibility index (Phi) is 9.29. The zero-order valence-electron chi connectivity index (χ0n) is 55.7. The molecule has 3 aromatic heterocycles. The molecule has 0 fully saturated rings. The Morgan fingerprint density at radius 1 is 0.533 bits per heavy atom. The fourth-order valence-corrected chi connectivity index (χ4v) is 12.1. The average Bonchev–Trinajstić information content (AvgIpc) is 1.59. The van der Waals surface area contributed by atoms with E-state index < -0.39 is 71.3 Å². The number of aromatic nitrogens is 4. The number of nitrogens with zero attached hydrogens (tertiary/aromatic N) is 4. The summed E-state index contributed by atoms with van der Waals surface area (Å²) in [6.07, 6.45) is 1.88. The average molecular weight is 1180 g/mol. The Hall–Kier alpha value is -6.55. The number of rotatable bonds is 7. The van der Waals surface area contributed by atoms with Gasteiger partial charge in [0.25, 0.3) is 0 Å². The van der Waals surface area contributed by atoms with E-state index in [1.54, 1.807) is 12.1 Å². The molecule has 1 aliphatic carbocycles. The molecule has 0 saturated heterocycles. The van der Waals surface area contributed by atoms with E-state index in [-0.39, 0.29) is 49.6 Å². The van der Waals surface area contributed by atoms with Crippen LogP contribution in [0.1, 0.15) is 145 Å². The van der Waals surface area contributed by atoms with Gasteiger partial charge in [-0.15, -0.1) is 0 Å². The summed E-state index contributed by atoms with van der Waals surface area (Å²) in [7, 11) is 0. The molecule has 6 heteroatoms. The molecule has 0 N–H and O–H groups in total. The molecule has 0 saturated carbocycles. The summed E-state index contributed by atoms with van der Waals surface area (Å²) in [6.45, 7) is 33.1. The van der Waals surface area contributed by atoms with E-state index in [9.17, 15) is 5.48 Å².